The van der Waals surface area contributed by atoms with Crippen LogP contribution in [0.3, 0.4) is 0 Å². The van der Waals surface area contributed by atoms with Crippen molar-refractivity contribution < 1.29 is 17.5 Å². The van der Waals surface area contributed by atoms with Gasteiger partial charge in [-0.3, -0.25) is 9.11 Å². The van der Waals surface area contributed by atoms with Gasteiger partial charge in [0, 0.05) is 0 Å². The zero-order chi connectivity index (χ0) is 4.50. The van der Waals surface area contributed by atoms with Gasteiger partial charge in [0.1, 0.15) is 0 Å². The Kier molecular flexibility index (Phi) is 782. The van der Waals surface area contributed by atoms with Gasteiger partial charge in [0.05, 0.1) is 0 Å². The van der Waals surface area contributed by atoms with E-state index in [1.807, 2.05) is 0 Å². The first-order valence-corrected chi connectivity index (χ1v) is 2.10. The van der Waals surface area contributed by atoms with Crippen LogP contribution in [-0.2, 0) is 10.4 Å². The molecule has 0 rings (SSSR count). The summed E-state index contributed by atoms with van der Waals surface area (Å²) >= 11 is 0. The summed E-state index contributed by atoms with van der Waals surface area (Å²) in [5.74, 6) is 0. The average Bonchev–Trinajstić information content (AvgIpc) is 0.722. The van der Waals surface area contributed by atoms with Gasteiger partial charge >= 0.3 is 10.4 Å². The third-order valence-electron chi connectivity index (χ3n) is 0. The molecule has 0 aromatic heterocycles. The summed E-state index contributed by atoms with van der Waals surface area (Å²) in [7, 11) is -4.67. The van der Waals surface area contributed by atoms with Gasteiger partial charge in [-0.15, -0.1) is 0 Å². The average molecular weight is 608 g/mol. The molecule has 0 aliphatic rings. The Balaban J connectivity index is -0.000000000762. The molecular weight excluding hydrogens is 561 g/mol. The first kappa shape index (κ1) is 158. The predicted octanol–water partition coefficient (Wildman–Crippen LogP) is 0.219. The highest BCUT2D eigenvalue weighted by Gasteiger charge is 1.84. The molecule has 0 bridgehead atoms. The molecule has 2 N–H and O–H groups in total. The normalized spacial score (nSPS) is 2.90. The van der Waals surface area contributed by atoms with Gasteiger partial charge in [0.15, 0.2) is 0 Å². The minimum absolute atomic E-state index is 0. The van der Waals surface area contributed by atoms with Crippen LogP contribution in [0.25, 0.3) is 0 Å². The van der Waals surface area contributed by atoms with Gasteiger partial charge in [-0.2, -0.15) is 157 Å². The molecule has 0 heterocycles. The van der Waals surface area contributed by atoms with Gasteiger partial charge < -0.3 is 0 Å². The second kappa shape index (κ2) is 98.7. The van der Waals surface area contributed by atoms with Gasteiger partial charge in [-0.05, 0) is 0 Å². The molecule has 4 nitrogen and oxygen atoms in total. The van der Waals surface area contributed by atoms with E-state index >= 15 is 0 Å². The van der Waals surface area contributed by atoms with Crippen LogP contribution in [0.15, 0.2) is 0 Å². The highest BCUT2D eigenvalue weighted by Crippen LogP contribution is 1.59. The predicted molar refractivity (Wildman–Crippen MR) is 181 cm³/mol. The fraction of sp³-hybridized carbons (Fsp3) is 0. The van der Waals surface area contributed by atoms with Gasteiger partial charge in [-0.1, -0.05) is 0 Å². The minimum Gasteiger partial charge on any atom is -0.264 e. The van der Waals surface area contributed by atoms with E-state index < -0.39 is 10.4 Å². The third kappa shape index (κ3) is 331. The lowest BCUT2D eigenvalue weighted by atomic mass is 15.8. The Labute approximate surface area is 175 Å². The van der Waals surface area contributed by atoms with Crippen LogP contribution >= 0.6 is 148 Å². The quantitative estimate of drug-likeness (QED) is 0.305. The van der Waals surface area contributed by atoms with E-state index in [1.54, 1.807) is 0 Å². The van der Waals surface area contributed by atoms with Crippen molar-refractivity contribution in [1.29, 1.82) is 0 Å². The molecule has 0 aliphatic heterocycles. The van der Waals surface area contributed by atoms with Gasteiger partial charge in [0.25, 0.3) is 0 Å². The molecule has 0 radical (unpaired) electrons. The van der Waals surface area contributed by atoms with Crippen LogP contribution in [-0.4, -0.2) is 17.5 Å². The van der Waals surface area contributed by atoms with Gasteiger partial charge in [0.2, 0.25) is 0 Å². The van der Waals surface area contributed by atoms with Crippen molar-refractivity contribution >= 4 is 159 Å². The standard InChI is InChI=1S/H2O4S.15H3P/c1-5(2,3)4;;;;;;;;;;;;;;;/h(H2,1,2,3,4);15*1H3. The molecule has 20 heteroatoms. The lowest BCUT2D eigenvalue weighted by molar-refractivity contribution is 0.381. The summed E-state index contributed by atoms with van der Waals surface area (Å²) in [6.07, 6.45) is 0. The Bertz CT molecular complexity index is 103. The summed E-state index contributed by atoms with van der Waals surface area (Å²) in [5, 5.41) is 0. The summed E-state index contributed by atoms with van der Waals surface area (Å²) < 4.78 is 31.6. The smallest absolute Gasteiger partial charge is 0.264 e. The Hall–Kier alpha value is 6.32. The van der Waals surface area contributed by atoms with Crippen LogP contribution in [0.1, 0.15) is 0 Å². The fourth-order valence-corrected chi connectivity index (χ4v) is 0. The van der Waals surface area contributed by atoms with E-state index in [2.05, 4.69) is 0 Å². The van der Waals surface area contributed by atoms with Crippen LogP contribution in [0.2, 0.25) is 0 Å². The highest BCUT2D eigenvalue weighted by atomic mass is 32.3. The maximum atomic E-state index is 8.74. The van der Waals surface area contributed by atoms with E-state index in [9.17, 15) is 0 Å². The van der Waals surface area contributed by atoms with E-state index in [0.29, 0.717) is 0 Å². The molecule has 0 aliphatic carbocycles. The van der Waals surface area contributed by atoms with E-state index in [-0.39, 0.29) is 148 Å². The summed E-state index contributed by atoms with van der Waals surface area (Å²) in [6.45, 7) is 0. The van der Waals surface area contributed by atoms with Crippen LogP contribution in [0.4, 0.5) is 0 Å². The van der Waals surface area contributed by atoms with Crippen molar-refractivity contribution in [3.63, 3.8) is 0 Å². The van der Waals surface area contributed by atoms with E-state index in [4.69, 9.17) is 17.5 Å². The molecule has 152 valence electrons. The number of hydrogen-bond donors (Lipinski definition) is 2. The summed E-state index contributed by atoms with van der Waals surface area (Å²) in [6, 6.07) is 0. The Morgan fingerprint density at radius 1 is 0.350 bits per heavy atom. The zero-order valence-corrected chi connectivity index (χ0v) is 34.8. The van der Waals surface area contributed by atoms with Crippen molar-refractivity contribution in [3.8, 4) is 0 Å². The number of rotatable bonds is 0. The SMILES string of the molecule is O=S(=O)(O)O.P.P.P.P.P.P.P.P.P.P.P.P.P.P.P. The minimum atomic E-state index is -4.67. The fourth-order valence-electron chi connectivity index (χ4n) is 0. The second-order valence-corrected chi connectivity index (χ2v) is 1.34. The maximum absolute atomic E-state index is 8.74. The second-order valence-electron chi connectivity index (χ2n) is 0.448. The molecule has 0 aromatic rings. The summed E-state index contributed by atoms with van der Waals surface area (Å²) in [5.41, 5.74) is 0. The molecule has 0 saturated carbocycles. The Morgan fingerprint density at radius 3 is 0.350 bits per heavy atom. The summed E-state index contributed by atoms with van der Waals surface area (Å²) in [4.78, 5) is 0. The van der Waals surface area contributed by atoms with Crippen molar-refractivity contribution in [3.05, 3.63) is 0 Å². The molecule has 15 atom stereocenters. The van der Waals surface area contributed by atoms with E-state index in [0.717, 1.165) is 0 Å². The van der Waals surface area contributed by atoms with Crippen molar-refractivity contribution in [1.82, 2.24) is 0 Å². The van der Waals surface area contributed by atoms with E-state index in [1.165, 1.54) is 0 Å². The molecule has 0 spiro atoms. The lowest BCUT2D eigenvalue weighted by Crippen LogP contribution is -1.89. The Morgan fingerprint density at radius 2 is 0.350 bits per heavy atom. The van der Waals surface area contributed by atoms with Crippen molar-refractivity contribution in [2.45, 2.75) is 0 Å². The van der Waals surface area contributed by atoms with Crippen molar-refractivity contribution in [2.75, 3.05) is 0 Å². The molecule has 0 saturated heterocycles. The van der Waals surface area contributed by atoms with Crippen LogP contribution in [0, 0.1) is 0 Å². The molecule has 0 fully saturated rings. The highest BCUT2D eigenvalue weighted by molar-refractivity contribution is 7.79. The third-order valence-corrected chi connectivity index (χ3v) is 0. The largest absolute Gasteiger partial charge is 0.394 e. The first-order chi connectivity index (χ1) is 2.00. The van der Waals surface area contributed by atoms with Gasteiger partial charge in [-0.25, -0.2) is 0 Å². The molecule has 20 heavy (non-hydrogen) atoms. The van der Waals surface area contributed by atoms with Crippen LogP contribution in [0.5, 0.6) is 0 Å². The zero-order valence-electron chi connectivity index (χ0n) is 12.7. The van der Waals surface area contributed by atoms with Crippen molar-refractivity contribution in [2.24, 2.45) is 0 Å². The maximum Gasteiger partial charge on any atom is 0.394 e. The topological polar surface area (TPSA) is 74.6 Å². The molecule has 15 unspecified atom stereocenters. The molecule has 0 amide bonds. The van der Waals surface area contributed by atoms with Crippen LogP contribution < -0.4 is 0 Å². The monoisotopic (exact) mass is 608 g/mol. The number of hydrogen-bond acceptors (Lipinski definition) is 2. The molecule has 0 aromatic carbocycles. The first-order valence-electron chi connectivity index (χ1n) is 0.698. The lowest BCUT2D eigenvalue weighted by Gasteiger charge is -1.68. The molecular formula is H47O4P15S.